The Morgan fingerprint density at radius 2 is 2.07 bits per heavy atom. The molecule has 2 heteroatoms. The molecule has 0 aliphatic heterocycles. The number of benzene rings is 1. The Hall–Kier alpha value is -2.01. The molecule has 0 radical (unpaired) electrons. The van der Waals surface area contributed by atoms with Gasteiger partial charge in [0.1, 0.15) is 0 Å². The minimum atomic E-state index is -0.189. The van der Waals surface area contributed by atoms with Gasteiger partial charge in [0.15, 0.2) is 0 Å². The number of rotatable bonds is 2. The fraction of sp³-hybridized carbons (Fsp3) is 0.0833. The molecule has 0 saturated heterocycles. The Labute approximate surface area is 83.2 Å². The third kappa shape index (κ3) is 3.16. The summed E-state index contributed by atoms with van der Waals surface area (Å²) in [5.41, 5.74) is 0.603. The Bertz CT molecular complexity index is 380. The second-order valence-corrected chi connectivity index (χ2v) is 2.50. The Morgan fingerprint density at radius 1 is 1.36 bits per heavy atom. The third-order valence-electron chi connectivity index (χ3n) is 1.51. The highest BCUT2D eigenvalue weighted by atomic mass is 16.5. The molecule has 0 atom stereocenters. The first-order valence-corrected chi connectivity index (χ1v) is 4.13. The Balaban J connectivity index is 2.67. The van der Waals surface area contributed by atoms with E-state index in [-0.39, 0.29) is 5.78 Å². The van der Waals surface area contributed by atoms with Gasteiger partial charge < -0.3 is 4.74 Å². The van der Waals surface area contributed by atoms with Gasteiger partial charge in [-0.3, -0.25) is 4.79 Å². The monoisotopic (exact) mass is 186 g/mol. The molecule has 0 aliphatic rings. The molecule has 0 heterocycles. The van der Waals surface area contributed by atoms with Crippen LogP contribution in [0.5, 0.6) is 0 Å². The van der Waals surface area contributed by atoms with Gasteiger partial charge in [-0.15, -0.1) is 0 Å². The molecule has 0 amide bonds. The van der Waals surface area contributed by atoms with Crippen molar-refractivity contribution in [1.82, 2.24) is 0 Å². The topological polar surface area (TPSA) is 26.3 Å². The number of ketones is 1. The highest BCUT2D eigenvalue weighted by molar-refractivity contribution is 6.09. The van der Waals surface area contributed by atoms with E-state index in [0.717, 1.165) is 0 Å². The third-order valence-corrected chi connectivity index (χ3v) is 1.51. The normalized spacial score (nSPS) is 9.21. The number of carbonyl (C=O) groups excluding carboxylic acids is 1. The number of methoxy groups -OCH3 is 1. The summed E-state index contributed by atoms with van der Waals surface area (Å²) < 4.78 is 4.63. The smallest absolute Gasteiger partial charge is 0.236 e. The zero-order chi connectivity index (χ0) is 10.2. The van der Waals surface area contributed by atoms with Crippen molar-refractivity contribution in [1.29, 1.82) is 0 Å². The van der Waals surface area contributed by atoms with Gasteiger partial charge in [0, 0.05) is 11.6 Å². The summed E-state index contributed by atoms with van der Waals surface area (Å²) in [7, 11) is 1.52. The molecule has 70 valence electrons. The molecule has 14 heavy (non-hydrogen) atoms. The van der Waals surface area contributed by atoms with Gasteiger partial charge in [-0.05, 0) is 5.92 Å². The van der Waals surface area contributed by atoms with Crippen molar-refractivity contribution >= 4 is 5.78 Å². The first-order chi connectivity index (χ1) is 6.84. The van der Waals surface area contributed by atoms with Crippen LogP contribution in [0.1, 0.15) is 10.4 Å². The van der Waals surface area contributed by atoms with Crippen molar-refractivity contribution < 1.29 is 9.53 Å². The second-order valence-electron chi connectivity index (χ2n) is 2.50. The maximum atomic E-state index is 11.4. The van der Waals surface area contributed by atoms with Gasteiger partial charge in [0.25, 0.3) is 0 Å². The molecular weight excluding hydrogens is 176 g/mol. The summed E-state index contributed by atoms with van der Waals surface area (Å²) >= 11 is 0. The lowest BCUT2D eigenvalue weighted by Gasteiger charge is -1.89. The van der Waals surface area contributed by atoms with Gasteiger partial charge in [-0.1, -0.05) is 36.3 Å². The summed E-state index contributed by atoms with van der Waals surface area (Å²) in [4.78, 5) is 11.4. The van der Waals surface area contributed by atoms with Crippen molar-refractivity contribution in [3.05, 3.63) is 48.2 Å². The van der Waals surface area contributed by atoms with Crippen molar-refractivity contribution in [3.63, 3.8) is 0 Å². The molecule has 0 unspecified atom stereocenters. The largest absolute Gasteiger partial charge is 0.504 e. The predicted molar refractivity (Wildman–Crippen MR) is 54.7 cm³/mol. The van der Waals surface area contributed by atoms with Gasteiger partial charge in [-0.25, -0.2) is 0 Å². The van der Waals surface area contributed by atoms with Crippen LogP contribution in [0.25, 0.3) is 0 Å². The molecule has 0 N–H and O–H groups in total. The van der Waals surface area contributed by atoms with E-state index in [0.29, 0.717) is 5.56 Å². The van der Waals surface area contributed by atoms with Crippen LogP contribution in [-0.2, 0) is 4.74 Å². The molecule has 0 aliphatic carbocycles. The first-order valence-electron chi connectivity index (χ1n) is 4.13. The van der Waals surface area contributed by atoms with Crippen molar-refractivity contribution in [3.8, 4) is 11.8 Å². The SMILES string of the molecule is CO/C=C\C#CC(=O)c1ccccc1. The molecule has 0 aromatic heterocycles. The summed E-state index contributed by atoms with van der Waals surface area (Å²) in [6.45, 7) is 0. The van der Waals surface area contributed by atoms with E-state index in [4.69, 9.17) is 0 Å². The Morgan fingerprint density at radius 3 is 2.71 bits per heavy atom. The number of ether oxygens (including phenoxy) is 1. The fourth-order valence-electron chi connectivity index (χ4n) is 0.871. The van der Waals surface area contributed by atoms with Gasteiger partial charge >= 0.3 is 0 Å². The first kappa shape index (κ1) is 10.1. The molecule has 2 nitrogen and oxygen atoms in total. The van der Waals surface area contributed by atoms with E-state index in [2.05, 4.69) is 16.6 Å². The van der Waals surface area contributed by atoms with E-state index in [1.165, 1.54) is 19.4 Å². The molecule has 0 bridgehead atoms. The van der Waals surface area contributed by atoms with Crippen molar-refractivity contribution in [2.75, 3.05) is 7.11 Å². The van der Waals surface area contributed by atoms with Crippen LogP contribution in [0.15, 0.2) is 42.7 Å². The Kier molecular flexibility index (Phi) is 4.03. The molecule has 0 saturated carbocycles. The van der Waals surface area contributed by atoms with E-state index in [1.54, 1.807) is 24.3 Å². The van der Waals surface area contributed by atoms with E-state index < -0.39 is 0 Å². The van der Waals surface area contributed by atoms with Crippen LogP contribution in [-0.4, -0.2) is 12.9 Å². The van der Waals surface area contributed by atoms with Crippen LogP contribution in [0.3, 0.4) is 0 Å². The number of carbonyl (C=O) groups is 1. The average Bonchev–Trinajstić information content (AvgIpc) is 2.25. The molecule has 1 aromatic carbocycles. The van der Waals surface area contributed by atoms with E-state index in [9.17, 15) is 4.79 Å². The maximum absolute atomic E-state index is 11.4. The minimum absolute atomic E-state index is 0.189. The zero-order valence-corrected chi connectivity index (χ0v) is 7.86. The average molecular weight is 186 g/mol. The molecule has 1 rings (SSSR count). The van der Waals surface area contributed by atoms with E-state index >= 15 is 0 Å². The quantitative estimate of drug-likeness (QED) is 0.306. The van der Waals surface area contributed by atoms with Crippen molar-refractivity contribution in [2.45, 2.75) is 0 Å². The maximum Gasteiger partial charge on any atom is 0.236 e. The summed E-state index contributed by atoms with van der Waals surface area (Å²) in [5.74, 6) is 4.87. The second kappa shape index (κ2) is 5.60. The van der Waals surface area contributed by atoms with Crippen LogP contribution < -0.4 is 0 Å². The highest BCUT2D eigenvalue weighted by Gasteiger charge is 1.97. The minimum Gasteiger partial charge on any atom is -0.504 e. The van der Waals surface area contributed by atoms with Crippen LogP contribution in [0.4, 0.5) is 0 Å². The summed E-state index contributed by atoms with van der Waals surface area (Å²) in [6.07, 6.45) is 2.91. The standard InChI is InChI=1S/C12H10O2/c1-14-10-6-5-9-12(13)11-7-3-2-4-8-11/h2-4,6-8,10H,1H3/b10-6-. The lowest BCUT2D eigenvalue weighted by molar-refractivity contribution is 0.105. The van der Waals surface area contributed by atoms with Gasteiger partial charge in [0.05, 0.1) is 13.4 Å². The number of hydrogen-bond donors (Lipinski definition) is 0. The summed E-state index contributed by atoms with van der Waals surface area (Å²) in [5, 5.41) is 0. The number of allylic oxidation sites excluding steroid dienone is 1. The lowest BCUT2D eigenvalue weighted by Crippen LogP contribution is -1.92. The molecule has 0 spiro atoms. The predicted octanol–water partition coefficient (Wildman–Crippen LogP) is 2.03. The fourth-order valence-corrected chi connectivity index (χ4v) is 0.871. The summed E-state index contributed by atoms with van der Waals surface area (Å²) in [6, 6.07) is 8.93. The van der Waals surface area contributed by atoms with Crippen LogP contribution in [0, 0.1) is 11.8 Å². The van der Waals surface area contributed by atoms with E-state index in [1.807, 2.05) is 6.07 Å². The molecule has 1 aromatic rings. The van der Waals surface area contributed by atoms with Crippen molar-refractivity contribution in [2.24, 2.45) is 0 Å². The van der Waals surface area contributed by atoms with Crippen LogP contribution >= 0.6 is 0 Å². The molecular formula is C12H10O2. The number of hydrogen-bond acceptors (Lipinski definition) is 2. The van der Waals surface area contributed by atoms with Crippen LogP contribution in [0.2, 0.25) is 0 Å². The highest BCUT2D eigenvalue weighted by Crippen LogP contribution is 1.98. The number of Topliss-reactive ketones (excluding diaryl/α,β-unsaturated/α-hetero) is 1. The zero-order valence-electron chi connectivity index (χ0n) is 7.86. The lowest BCUT2D eigenvalue weighted by atomic mass is 10.1. The van der Waals surface area contributed by atoms with Gasteiger partial charge in [-0.2, -0.15) is 0 Å². The molecule has 0 fully saturated rings. The van der Waals surface area contributed by atoms with Gasteiger partial charge in [0.2, 0.25) is 5.78 Å².